The molecule has 10 heavy (non-hydrogen) atoms. The molecule has 0 nitrogen and oxygen atoms in total. The van der Waals surface area contributed by atoms with E-state index in [4.69, 9.17) is 0 Å². The predicted molar refractivity (Wildman–Crippen MR) is 48.9 cm³/mol. The number of hydrogen-bond donors (Lipinski definition) is 0. The van der Waals surface area contributed by atoms with E-state index < -0.39 is 0 Å². The van der Waals surface area contributed by atoms with Crippen LogP contribution in [0.4, 0.5) is 0 Å². The molecule has 1 heteroatoms. The molecule has 0 N–H and O–H groups in total. The van der Waals surface area contributed by atoms with Gasteiger partial charge in [-0.25, -0.2) is 0 Å². The van der Waals surface area contributed by atoms with Crippen molar-refractivity contribution in [3.63, 3.8) is 0 Å². The van der Waals surface area contributed by atoms with Crippen molar-refractivity contribution >= 4 is 14.1 Å². The average Bonchev–Trinajstić information content (AvgIpc) is 1.84. The molecule has 1 heterocycles. The van der Waals surface area contributed by atoms with Gasteiger partial charge in [0.25, 0.3) is 14.1 Å². The molecule has 1 atom stereocenters. The summed E-state index contributed by atoms with van der Waals surface area (Å²) in [6.45, 7) is 7.39. The molecule has 0 aromatic rings. The molecule has 58 valence electrons. The Balaban J connectivity index is 2.63. The number of rotatable bonds is 0. The van der Waals surface area contributed by atoms with Gasteiger partial charge >= 0.3 is 0 Å². The summed E-state index contributed by atoms with van der Waals surface area (Å²) < 4.78 is 0.734. The van der Waals surface area contributed by atoms with E-state index in [1.165, 1.54) is 12.8 Å². The van der Waals surface area contributed by atoms with Gasteiger partial charge in [-0.2, -0.15) is 0 Å². The van der Waals surface area contributed by atoms with E-state index in [1.807, 2.05) is 0 Å². The predicted octanol–water partition coefficient (Wildman–Crippen LogP) is 3.32. The van der Waals surface area contributed by atoms with Crippen molar-refractivity contribution in [2.45, 2.75) is 49.0 Å². The third kappa shape index (κ3) is 1.41. The second kappa shape index (κ2) is 2.88. The van der Waals surface area contributed by atoms with E-state index in [9.17, 15) is 0 Å². The summed E-state index contributed by atoms with van der Waals surface area (Å²) in [6.07, 6.45) is 2.99. The van der Waals surface area contributed by atoms with Gasteiger partial charge in [0.05, 0.1) is 0 Å². The first-order valence-electron chi connectivity index (χ1n) is 4.55. The van der Waals surface area contributed by atoms with E-state index in [1.54, 1.807) is 5.28 Å². The zero-order valence-electron chi connectivity index (χ0n) is 7.78. The van der Waals surface area contributed by atoms with Crippen molar-refractivity contribution in [2.75, 3.05) is 0 Å². The second-order valence-corrected chi connectivity index (χ2v) is 8.42. The highest BCUT2D eigenvalue weighted by Gasteiger charge is 2.38. The Morgan fingerprint density at radius 1 is 1.40 bits per heavy atom. The molecule has 1 aliphatic heterocycles. The molecule has 0 radical (unpaired) electrons. The lowest BCUT2D eigenvalue weighted by Gasteiger charge is -2.39. The van der Waals surface area contributed by atoms with Crippen LogP contribution in [0.3, 0.4) is 0 Å². The minimum Gasteiger partial charge on any atom is -0.105 e. The fourth-order valence-corrected chi connectivity index (χ4v) is 4.69. The quantitative estimate of drug-likeness (QED) is 0.469. The lowest BCUT2D eigenvalue weighted by molar-refractivity contribution is 0.375. The summed E-state index contributed by atoms with van der Waals surface area (Å²) in [5, 5.41) is 1.58. The minimum atomic E-state index is -0.361. The van der Waals surface area contributed by atoms with Crippen LogP contribution in [0.25, 0.3) is 0 Å². The highest BCUT2D eigenvalue weighted by molar-refractivity contribution is 6.61. The van der Waals surface area contributed by atoms with Crippen LogP contribution in [0.5, 0.6) is 0 Å². The molecule has 0 aromatic carbocycles. The molecule has 0 saturated carbocycles. The third-order valence-corrected chi connectivity index (χ3v) is 8.20. The maximum absolute atomic E-state index is 2.54. The fraction of sp³-hybridized carbons (Fsp3) is 1.00. The molecule has 1 aliphatic rings. The molecular weight excluding hydrogens is 135 g/mol. The van der Waals surface area contributed by atoms with Gasteiger partial charge in [0, 0.05) is 0 Å². The summed E-state index contributed by atoms with van der Waals surface area (Å²) in [5.41, 5.74) is 0. The molecule has 0 aromatic heterocycles. The van der Waals surface area contributed by atoms with Crippen LogP contribution in [-0.4, -0.2) is 14.1 Å². The third-order valence-electron chi connectivity index (χ3n) is 3.81. The molecule has 0 amide bonds. The zero-order chi connectivity index (χ0) is 7.78. The summed E-state index contributed by atoms with van der Waals surface area (Å²) >= 11 is -0.361. The zero-order valence-corrected chi connectivity index (χ0v) is 8.93. The van der Waals surface area contributed by atoms with Gasteiger partial charge in [0.1, 0.15) is 0 Å². The Kier molecular flexibility index (Phi) is 2.48. The topological polar surface area (TPSA) is 0 Å². The van der Waals surface area contributed by atoms with Gasteiger partial charge in [-0.1, -0.05) is 49.1 Å². The largest absolute Gasteiger partial charge is 0.265 e. The van der Waals surface area contributed by atoms with Crippen LogP contribution in [0.1, 0.15) is 33.6 Å². The van der Waals surface area contributed by atoms with E-state index in [-0.39, 0.29) is 14.1 Å². The molecule has 1 saturated heterocycles. The first kappa shape index (κ1) is 8.63. The minimum absolute atomic E-state index is 0.361. The van der Waals surface area contributed by atoms with Crippen LogP contribution in [0.15, 0.2) is 0 Å². The normalized spacial score (nSPS) is 32.4. The van der Waals surface area contributed by atoms with Gasteiger partial charge in [-0.15, -0.1) is 5.79 Å². The maximum atomic E-state index is 2.54. The van der Waals surface area contributed by atoms with Crippen LogP contribution < -0.4 is 0 Å². The lowest BCUT2D eigenvalue weighted by Crippen LogP contribution is -2.34. The van der Waals surface area contributed by atoms with Crippen molar-refractivity contribution in [3.8, 4) is 0 Å². The van der Waals surface area contributed by atoms with Crippen molar-refractivity contribution in [1.82, 2.24) is 0 Å². The summed E-state index contributed by atoms with van der Waals surface area (Å²) in [6, 6.07) is 0. The van der Waals surface area contributed by atoms with E-state index in [2.05, 4.69) is 26.6 Å². The van der Waals surface area contributed by atoms with Gasteiger partial charge < -0.3 is 0 Å². The monoisotopic (exact) mass is 154 g/mol. The molecule has 1 fully saturated rings. The van der Waals surface area contributed by atoms with Crippen molar-refractivity contribution in [3.05, 3.63) is 0 Å². The summed E-state index contributed by atoms with van der Waals surface area (Å²) in [7, 11) is 0. The average molecular weight is 154 g/mol. The Labute approximate surface area is 69.4 Å². The van der Waals surface area contributed by atoms with Crippen LogP contribution in [0, 0.1) is 5.92 Å². The standard InChI is InChI=1S/C8H16.CH3.Al/c1-5-6-8(4)7(2)3;;/h8H,1,5-6H2,2-4H3;1H3;. The van der Waals surface area contributed by atoms with Gasteiger partial charge in [-0.3, -0.25) is 0 Å². The van der Waals surface area contributed by atoms with Gasteiger partial charge in [0.15, 0.2) is 0 Å². The highest BCUT2D eigenvalue weighted by atomic mass is 27.2. The Bertz CT molecular complexity index is 106. The van der Waals surface area contributed by atoms with Gasteiger partial charge in [0.2, 0.25) is 0 Å². The van der Waals surface area contributed by atoms with E-state index in [0.717, 1.165) is 10.2 Å². The van der Waals surface area contributed by atoms with Crippen LogP contribution in [0.2, 0.25) is 15.3 Å². The Morgan fingerprint density at radius 2 is 2.00 bits per heavy atom. The summed E-state index contributed by atoms with van der Waals surface area (Å²) in [4.78, 5) is 0. The lowest BCUT2D eigenvalue weighted by atomic mass is 9.91. The van der Waals surface area contributed by atoms with Crippen LogP contribution >= 0.6 is 0 Å². The first-order chi connectivity index (χ1) is 4.55. The van der Waals surface area contributed by atoms with E-state index in [0.29, 0.717) is 0 Å². The Hall–Kier alpha value is 0.532. The smallest absolute Gasteiger partial charge is 0.105 e. The maximum Gasteiger partial charge on any atom is 0.265 e. The molecule has 1 unspecified atom stereocenters. The second-order valence-electron chi connectivity index (χ2n) is 4.55. The molecular formula is C9H19Al. The molecule has 1 rings (SSSR count). The SMILES string of the molecule is CC1CC[CH2][Al]([CH3])[C]1(C)C. The fourth-order valence-electron chi connectivity index (χ4n) is 1.96. The number of hydrogen-bond acceptors (Lipinski definition) is 0. The van der Waals surface area contributed by atoms with Gasteiger partial charge in [-0.05, 0) is 0 Å². The highest BCUT2D eigenvalue weighted by Crippen LogP contribution is 2.45. The van der Waals surface area contributed by atoms with E-state index >= 15 is 0 Å². The van der Waals surface area contributed by atoms with Crippen LogP contribution in [-0.2, 0) is 0 Å². The molecule has 0 spiro atoms. The van der Waals surface area contributed by atoms with Crippen molar-refractivity contribution in [1.29, 1.82) is 0 Å². The van der Waals surface area contributed by atoms with Crippen molar-refractivity contribution in [2.24, 2.45) is 5.92 Å². The Morgan fingerprint density at radius 3 is 2.40 bits per heavy atom. The summed E-state index contributed by atoms with van der Waals surface area (Å²) in [5.74, 6) is 3.53. The first-order valence-corrected chi connectivity index (χ1v) is 7.10. The molecule has 0 aliphatic carbocycles. The molecule has 0 bridgehead atoms. The van der Waals surface area contributed by atoms with Crippen molar-refractivity contribution < 1.29 is 0 Å².